The smallest absolute Gasteiger partial charge is 0.248 e. The van der Waals surface area contributed by atoms with Gasteiger partial charge in [-0.3, -0.25) is 9.20 Å². The van der Waals surface area contributed by atoms with E-state index < -0.39 is 0 Å². The molecule has 0 aliphatic heterocycles. The lowest BCUT2D eigenvalue weighted by atomic mass is 10.1. The number of anilines is 2. The van der Waals surface area contributed by atoms with Gasteiger partial charge in [0.2, 0.25) is 5.56 Å². The molecular formula is C19H14N6O. The second-order valence-corrected chi connectivity index (χ2v) is 5.95. The summed E-state index contributed by atoms with van der Waals surface area (Å²) in [5, 5.41) is 3.41. The van der Waals surface area contributed by atoms with Crippen LogP contribution in [0.1, 0.15) is 0 Å². The Kier molecular flexibility index (Phi) is 3.11. The van der Waals surface area contributed by atoms with E-state index in [-0.39, 0.29) is 5.56 Å². The van der Waals surface area contributed by atoms with E-state index in [9.17, 15) is 4.79 Å². The summed E-state index contributed by atoms with van der Waals surface area (Å²) in [7, 11) is 0. The Morgan fingerprint density at radius 3 is 2.88 bits per heavy atom. The van der Waals surface area contributed by atoms with Gasteiger partial charge in [-0.25, -0.2) is 9.97 Å². The summed E-state index contributed by atoms with van der Waals surface area (Å²) in [6.45, 7) is 0. The summed E-state index contributed by atoms with van der Waals surface area (Å²) in [4.78, 5) is 26.1. The van der Waals surface area contributed by atoms with Crippen molar-refractivity contribution in [3.8, 4) is 11.3 Å². The molecule has 0 unspecified atom stereocenters. The maximum atomic E-state index is 11.6. The molecule has 3 N–H and O–H groups in total. The quantitative estimate of drug-likeness (QED) is 0.469. The fraction of sp³-hybridized carbons (Fsp3) is 0. The predicted molar refractivity (Wildman–Crippen MR) is 101 cm³/mol. The van der Waals surface area contributed by atoms with Crippen molar-refractivity contribution in [2.24, 2.45) is 0 Å². The van der Waals surface area contributed by atoms with Crippen molar-refractivity contribution in [2.45, 2.75) is 0 Å². The SMILES string of the molecule is O=c1cc(-c2ccc(Nc3ccc4nc[nH]c4c3)c3nccn23)cc[nH]1. The van der Waals surface area contributed by atoms with Crippen LogP contribution in [0.4, 0.5) is 11.4 Å². The van der Waals surface area contributed by atoms with Gasteiger partial charge in [-0.15, -0.1) is 0 Å². The first-order valence-corrected chi connectivity index (χ1v) is 8.13. The molecule has 0 saturated carbocycles. The molecule has 5 rings (SSSR count). The van der Waals surface area contributed by atoms with Gasteiger partial charge in [0.05, 0.1) is 28.7 Å². The Morgan fingerprint density at radius 2 is 1.96 bits per heavy atom. The van der Waals surface area contributed by atoms with Crippen LogP contribution in [0.25, 0.3) is 27.9 Å². The third kappa shape index (κ3) is 2.34. The van der Waals surface area contributed by atoms with Gasteiger partial charge in [-0.2, -0.15) is 0 Å². The van der Waals surface area contributed by atoms with E-state index in [1.54, 1.807) is 24.8 Å². The van der Waals surface area contributed by atoms with Crippen LogP contribution in [-0.2, 0) is 0 Å². The number of benzene rings is 1. The van der Waals surface area contributed by atoms with E-state index >= 15 is 0 Å². The van der Waals surface area contributed by atoms with Crippen molar-refractivity contribution in [3.05, 3.63) is 77.7 Å². The molecule has 0 radical (unpaired) electrons. The van der Waals surface area contributed by atoms with Gasteiger partial charge in [0.25, 0.3) is 0 Å². The monoisotopic (exact) mass is 342 g/mol. The number of imidazole rings is 2. The van der Waals surface area contributed by atoms with Crippen LogP contribution in [-0.4, -0.2) is 24.3 Å². The highest BCUT2D eigenvalue weighted by atomic mass is 16.1. The number of aromatic amines is 2. The highest BCUT2D eigenvalue weighted by Gasteiger charge is 2.10. The maximum absolute atomic E-state index is 11.6. The number of nitrogens with zero attached hydrogens (tertiary/aromatic N) is 3. The molecule has 26 heavy (non-hydrogen) atoms. The molecule has 4 heterocycles. The van der Waals surface area contributed by atoms with Crippen LogP contribution >= 0.6 is 0 Å². The van der Waals surface area contributed by atoms with Gasteiger partial charge in [0.1, 0.15) is 0 Å². The Bertz CT molecular complexity index is 1300. The van der Waals surface area contributed by atoms with E-state index in [0.717, 1.165) is 39.3 Å². The molecule has 5 aromatic rings. The number of fused-ring (bicyclic) bond motifs is 2. The van der Waals surface area contributed by atoms with Crippen molar-refractivity contribution in [2.75, 3.05) is 5.32 Å². The largest absolute Gasteiger partial charge is 0.352 e. The average molecular weight is 342 g/mol. The second-order valence-electron chi connectivity index (χ2n) is 5.95. The fourth-order valence-electron chi connectivity index (χ4n) is 3.12. The fourth-order valence-corrected chi connectivity index (χ4v) is 3.12. The topological polar surface area (TPSA) is 90.9 Å². The minimum absolute atomic E-state index is 0.133. The highest BCUT2D eigenvalue weighted by molar-refractivity contribution is 5.83. The minimum atomic E-state index is -0.133. The number of aromatic nitrogens is 5. The van der Waals surface area contributed by atoms with E-state index in [0.29, 0.717) is 0 Å². The number of nitrogens with one attached hydrogen (secondary N) is 3. The van der Waals surface area contributed by atoms with Crippen molar-refractivity contribution in [3.63, 3.8) is 0 Å². The van der Waals surface area contributed by atoms with E-state index in [4.69, 9.17) is 0 Å². The zero-order chi connectivity index (χ0) is 17.5. The zero-order valence-corrected chi connectivity index (χ0v) is 13.6. The van der Waals surface area contributed by atoms with E-state index in [1.807, 2.05) is 47.0 Å². The Hall–Kier alpha value is -3.87. The first kappa shape index (κ1) is 14.5. The molecule has 4 aromatic heterocycles. The molecule has 0 aliphatic rings. The molecule has 0 bridgehead atoms. The van der Waals surface area contributed by atoms with Crippen molar-refractivity contribution in [1.29, 1.82) is 0 Å². The zero-order valence-electron chi connectivity index (χ0n) is 13.6. The first-order valence-electron chi connectivity index (χ1n) is 8.13. The molecule has 0 aliphatic carbocycles. The number of hydrogen-bond donors (Lipinski definition) is 3. The Morgan fingerprint density at radius 1 is 1.00 bits per heavy atom. The van der Waals surface area contributed by atoms with E-state index in [2.05, 4.69) is 25.3 Å². The third-order valence-corrected chi connectivity index (χ3v) is 4.32. The van der Waals surface area contributed by atoms with Gasteiger partial charge in [-0.05, 0) is 36.4 Å². The summed E-state index contributed by atoms with van der Waals surface area (Å²) in [5.74, 6) is 0. The third-order valence-electron chi connectivity index (χ3n) is 4.32. The summed E-state index contributed by atoms with van der Waals surface area (Å²) in [6, 6.07) is 13.3. The molecule has 7 nitrogen and oxygen atoms in total. The van der Waals surface area contributed by atoms with Crippen LogP contribution in [0, 0.1) is 0 Å². The predicted octanol–water partition coefficient (Wildman–Crippen LogP) is 3.31. The number of rotatable bonds is 3. The summed E-state index contributed by atoms with van der Waals surface area (Å²) < 4.78 is 1.96. The summed E-state index contributed by atoms with van der Waals surface area (Å²) in [6.07, 6.45) is 6.95. The summed E-state index contributed by atoms with van der Waals surface area (Å²) in [5.41, 5.74) is 6.09. The van der Waals surface area contributed by atoms with Crippen LogP contribution < -0.4 is 10.9 Å². The molecule has 0 amide bonds. The number of pyridine rings is 2. The lowest BCUT2D eigenvalue weighted by Crippen LogP contribution is -2.04. The van der Waals surface area contributed by atoms with Crippen LogP contribution in [0.15, 0.2) is 72.2 Å². The van der Waals surface area contributed by atoms with Crippen LogP contribution in [0.5, 0.6) is 0 Å². The Labute approximate surface area is 147 Å². The standard InChI is InChI=1S/C19H14N6O/c26-18-9-12(5-6-20-18)17-4-3-15(19-21-7-8-25(17)19)24-13-1-2-14-16(10-13)23-11-22-14/h1-11,24H,(H,20,26)(H,22,23). The van der Waals surface area contributed by atoms with Gasteiger partial charge in [0, 0.05) is 35.9 Å². The van der Waals surface area contributed by atoms with E-state index in [1.165, 1.54) is 0 Å². The van der Waals surface area contributed by atoms with Crippen LogP contribution in [0.2, 0.25) is 0 Å². The van der Waals surface area contributed by atoms with Crippen molar-refractivity contribution >= 4 is 28.1 Å². The summed E-state index contributed by atoms with van der Waals surface area (Å²) >= 11 is 0. The molecule has 7 heteroatoms. The second kappa shape index (κ2) is 5.59. The van der Waals surface area contributed by atoms with Crippen molar-refractivity contribution < 1.29 is 0 Å². The Balaban J connectivity index is 1.60. The molecular weight excluding hydrogens is 328 g/mol. The molecule has 126 valence electrons. The van der Waals surface area contributed by atoms with Gasteiger partial charge < -0.3 is 15.3 Å². The number of H-pyrrole nitrogens is 2. The van der Waals surface area contributed by atoms with Crippen LogP contribution in [0.3, 0.4) is 0 Å². The van der Waals surface area contributed by atoms with Gasteiger partial charge in [-0.1, -0.05) is 0 Å². The molecule has 0 fully saturated rings. The minimum Gasteiger partial charge on any atom is -0.352 e. The maximum Gasteiger partial charge on any atom is 0.248 e. The lowest BCUT2D eigenvalue weighted by molar-refractivity contribution is 1.17. The molecule has 0 spiro atoms. The molecule has 1 aromatic carbocycles. The van der Waals surface area contributed by atoms with Crippen molar-refractivity contribution in [1.82, 2.24) is 24.3 Å². The highest BCUT2D eigenvalue weighted by Crippen LogP contribution is 2.27. The first-order chi connectivity index (χ1) is 12.8. The molecule has 0 saturated heterocycles. The van der Waals surface area contributed by atoms with Gasteiger partial charge >= 0.3 is 0 Å². The average Bonchev–Trinajstić information content (AvgIpc) is 3.31. The lowest BCUT2D eigenvalue weighted by Gasteiger charge is -2.11. The normalized spacial score (nSPS) is 11.2. The molecule has 0 atom stereocenters. The van der Waals surface area contributed by atoms with Gasteiger partial charge in [0.15, 0.2) is 5.65 Å². The number of hydrogen-bond acceptors (Lipinski definition) is 4.